The monoisotopic (exact) mass is 422 g/mol. The van der Waals surface area contributed by atoms with Crippen molar-refractivity contribution in [1.82, 2.24) is 5.32 Å². The smallest absolute Gasteiger partial charge is 0.255 e. The largest absolute Gasteiger partial charge is 0.497 e. The number of hydrogen-bond acceptors (Lipinski definition) is 3. The van der Waals surface area contributed by atoms with Crippen molar-refractivity contribution >= 4 is 11.6 Å². The minimum Gasteiger partial charge on any atom is -0.497 e. The summed E-state index contributed by atoms with van der Waals surface area (Å²) in [5.74, 6) is 0.723. The van der Waals surface area contributed by atoms with E-state index >= 15 is 0 Å². The van der Waals surface area contributed by atoms with Gasteiger partial charge in [-0.15, -0.1) is 0 Å². The summed E-state index contributed by atoms with van der Waals surface area (Å²) in [5.41, 5.74) is 4.88. The van der Waals surface area contributed by atoms with Crippen molar-refractivity contribution in [3.05, 3.63) is 131 Å². The highest BCUT2D eigenvalue weighted by atomic mass is 16.5. The van der Waals surface area contributed by atoms with Gasteiger partial charge in [0.25, 0.3) is 5.91 Å². The number of rotatable bonds is 8. The van der Waals surface area contributed by atoms with E-state index in [9.17, 15) is 4.79 Å². The lowest BCUT2D eigenvalue weighted by atomic mass is 9.98. The minimum absolute atomic E-state index is 0.0446. The first-order valence-electron chi connectivity index (χ1n) is 10.6. The van der Waals surface area contributed by atoms with Crippen molar-refractivity contribution in [2.24, 2.45) is 0 Å². The Morgan fingerprint density at radius 1 is 0.750 bits per heavy atom. The van der Waals surface area contributed by atoms with E-state index in [1.54, 1.807) is 7.11 Å². The van der Waals surface area contributed by atoms with Crippen LogP contribution in [-0.4, -0.2) is 13.0 Å². The zero-order valence-electron chi connectivity index (χ0n) is 18.0. The Balaban J connectivity index is 1.45. The van der Waals surface area contributed by atoms with Crippen LogP contribution < -0.4 is 15.4 Å². The molecule has 0 fully saturated rings. The number of methoxy groups -OCH3 is 1. The van der Waals surface area contributed by atoms with Crippen LogP contribution in [-0.2, 0) is 6.54 Å². The molecule has 0 spiro atoms. The van der Waals surface area contributed by atoms with Gasteiger partial charge < -0.3 is 15.4 Å². The normalized spacial score (nSPS) is 11.5. The summed E-state index contributed by atoms with van der Waals surface area (Å²) in [6.07, 6.45) is 0. The van der Waals surface area contributed by atoms with E-state index in [4.69, 9.17) is 4.74 Å². The van der Waals surface area contributed by atoms with E-state index < -0.39 is 0 Å². The van der Waals surface area contributed by atoms with Crippen molar-refractivity contribution in [2.45, 2.75) is 12.6 Å². The zero-order chi connectivity index (χ0) is 22.2. The quantitative estimate of drug-likeness (QED) is 0.376. The number of amides is 1. The molecule has 1 atom stereocenters. The van der Waals surface area contributed by atoms with Crippen LogP contribution >= 0.6 is 0 Å². The van der Waals surface area contributed by atoms with E-state index in [0.29, 0.717) is 12.1 Å². The highest BCUT2D eigenvalue weighted by Crippen LogP contribution is 2.24. The van der Waals surface area contributed by atoms with E-state index in [-0.39, 0.29) is 11.9 Å². The molecule has 0 bridgehead atoms. The lowest BCUT2D eigenvalue weighted by molar-refractivity contribution is 0.102. The maximum Gasteiger partial charge on any atom is 0.255 e. The first-order valence-corrected chi connectivity index (χ1v) is 10.6. The molecule has 0 unspecified atom stereocenters. The molecule has 160 valence electrons. The average Bonchev–Trinajstić information content (AvgIpc) is 2.86. The van der Waals surface area contributed by atoms with Crippen LogP contribution in [0.2, 0.25) is 0 Å². The highest BCUT2D eigenvalue weighted by molar-refractivity contribution is 6.04. The summed E-state index contributed by atoms with van der Waals surface area (Å²) < 4.78 is 5.30. The van der Waals surface area contributed by atoms with Gasteiger partial charge in [-0.3, -0.25) is 4.79 Å². The average molecular weight is 423 g/mol. The minimum atomic E-state index is -0.115. The summed E-state index contributed by atoms with van der Waals surface area (Å²) in [5, 5.41) is 6.57. The Bertz CT molecular complexity index is 1130. The molecule has 0 heterocycles. The van der Waals surface area contributed by atoms with E-state index in [1.807, 2.05) is 84.9 Å². The van der Waals surface area contributed by atoms with Crippen LogP contribution in [0.4, 0.5) is 5.69 Å². The Hall–Kier alpha value is -3.89. The standard InChI is InChI=1S/C28H26N2O2/c1-32-26-18-16-23(17-19-26)27(22-8-4-2-5-9-22)29-20-21-12-14-24(15-13-21)28(31)30-25-10-6-3-7-11-25/h2-19,27,29H,20H2,1H3,(H,30,31)/t27-/m1/s1. The van der Waals surface area contributed by atoms with Crippen LogP contribution in [0.3, 0.4) is 0 Å². The van der Waals surface area contributed by atoms with Gasteiger partial charge in [-0.25, -0.2) is 0 Å². The molecule has 4 aromatic rings. The number of para-hydroxylation sites is 1. The summed E-state index contributed by atoms with van der Waals surface area (Å²) in [6, 6.07) is 35.7. The van der Waals surface area contributed by atoms with E-state index in [0.717, 1.165) is 22.6 Å². The summed E-state index contributed by atoms with van der Waals surface area (Å²) in [7, 11) is 1.67. The molecule has 0 saturated heterocycles. The first-order chi connectivity index (χ1) is 15.7. The van der Waals surface area contributed by atoms with E-state index in [1.165, 1.54) is 5.56 Å². The van der Waals surface area contributed by atoms with Crippen molar-refractivity contribution in [2.75, 3.05) is 12.4 Å². The maximum absolute atomic E-state index is 12.5. The number of anilines is 1. The van der Waals surface area contributed by atoms with Gasteiger partial charge in [-0.05, 0) is 53.1 Å². The van der Waals surface area contributed by atoms with Crippen molar-refractivity contribution in [1.29, 1.82) is 0 Å². The Morgan fingerprint density at radius 2 is 1.34 bits per heavy atom. The maximum atomic E-state index is 12.5. The fraction of sp³-hybridized carbons (Fsp3) is 0.107. The van der Waals surface area contributed by atoms with Gasteiger partial charge in [-0.2, -0.15) is 0 Å². The lowest BCUT2D eigenvalue weighted by Gasteiger charge is -2.20. The molecule has 0 aliphatic carbocycles. The summed E-state index contributed by atoms with van der Waals surface area (Å²) in [6.45, 7) is 0.673. The fourth-order valence-electron chi connectivity index (χ4n) is 3.59. The number of hydrogen-bond donors (Lipinski definition) is 2. The third kappa shape index (κ3) is 5.42. The Labute approximate surface area is 188 Å². The molecule has 2 N–H and O–H groups in total. The molecule has 0 saturated carbocycles. The van der Waals surface area contributed by atoms with Gasteiger partial charge in [0.2, 0.25) is 0 Å². The van der Waals surface area contributed by atoms with Crippen LogP contribution in [0.25, 0.3) is 0 Å². The molecular weight excluding hydrogens is 396 g/mol. The third-order valence-electron chi connectivity index (χ3n) is 5.34. The van der Waals surface area contributed by atoms with Gasteiger partial charge in [0.05, 0.1) is 13.2 Å². The van der Waals surface area contributed by atoms with Gasteiger partial charge >= 0.3 is 0 Å². The predicted octanol–water partition coefficient (Wildman–Crippen LogP) is 5.83. The van der Waals surface area contributed by atoms with Gasteiger partial charge in [0.1, 0.15) is 5.75 Å². The topological polar surface area (TPSA) is 50.4 Å². The van der Waals surface area contributed by atoms with Gasteiger partial charge in [0.15, 0.2) is 0 Å². The van der Waals surface area contributed by atoms with Crippen molar-refractivity contribution < 1.29 is 9.53 Å². The SMILES string of the molecule is COc1ccc([C@H](NCc2ccc(C(=O)Nc3ccccc3)cc2)c2ccccc2)cc1. The molecule has 32 heavy (non-hydrogen) atoms. The van der Waals surface area contributed by atoms with Crippen LogP contribution in [0.5, 0.6) is 5.75 Å². The third-order valence-corrected chi connectivity index (χ3v) is 5.34. The Morgan fingerprint density at radius 3 is 1.97 bits per heavy atom. The molecule has 4 rings (SSSR count). The fourth-order valence-corrected chi connectivity index (χ4v) is 3.59. The molecule has 0 aliphatic heterocycles. The molecule has 0 aromatic heterocycles. The van der Waals surface area contributed by atoms with Crippen LogP contribution in [0.1, 0.15) is 33.1 Å². The summed E-state index contributed by atoms with van der Waals surface area (Å²) in [4.78, 5) is 12.5. The Kier molecular flexibility index (Phi) is 6.95. The van der Waals surface area contributed by atoms with Gasteiger partial charge in [-0.1, -0.05) is 72.8 Å². The lowest BCUT2D eigenvalue weighted by Crippen LogP contribution is -2.22. The molecule has 1 amide bonds. The zero-order valence-corrected chi connectivity index (χ0v) is 18.0. The molecule has 0 aliphatic rings. The molecule has 4 nitrogen and oxygen atoms in total. The van der Waals surface area contributed by atoms with Crippen molar-refractivity contribution in [3.8, 4) is 5.75 Å². The molecule has 4 heteroatoms. The molecule has 4 aromatic carbocycles. The second-order valence-corrected chi connectivity index (χ2v) is 7.51. The highest BCUT2D eigenvalue weighted by Gasteiger charge is 2.14. The molecule has 0 radical (unpaired) electrons. The molecular formula is C28H26N2O2. The predicted molar refractivity (Wildman–Crippen MR) is 129 cm³/mol. The van der Waals surface area contributed by atoms with E-state index in [2.05, 4.69) is 34.9 Å². The number of ether oxygens (including phenoxy) is 1. The van der Waals surface area contributed by atoms with Crippen molar-refractivity contribution in [3.63, 3.8) is 0 Å². The van der Waals surface area contributed by atoms with Crippen LogP contribution in [0.15, 0.2) is 109 Å². The first kappa shape index (κ1) is 21.3. The number of carbonyl (C=O) groups excluding carboxylic acids is 1. The second-order valence-electron chi connectivity index (χ2n) is 7.51. The number of nitrogens with one attached hydrogen (secondary N) is 2. The second kappa shape index (κ2) is 10.4. The van der Waals surface area contributed by atoms with Crippen LogP contribution in [0, 0.1) is 0 Å². The summed E-state index contributed by atoms with van der Waals surface area (Å²) >= 11 is 0. The number of benzene rings is 4. The number of carbonyl (C=O) groups is 1. The van der Waals surface area contributed by atoms with Gasteiger partial charge in [0, 0.05) is 17.8 Å².